The van der Waals surface area contributed by atoms with Gasteiger partial charge in [-0.3, -0.25) is 0 Å². The van der Waals surface area contributed by atoms with Crippen LogP contribution in [0.15, 0.2) is 29.3 Å². The third-order valence-electron chi connectivity index (χ3n) is 4.97. The number of hydrogen-bond donors (Lipinski definition) is 2. The van der Waals surface area contributed by atoms with Crippen molar-refractivity contribution in [3.63, 3.8) is 0 Å². The first-order valence-electron chi connectivity index (χ1n) is 11.2. The molecule has 0 atom stereocenters. The molecule has 1 aromatic carbocycles. The van der Waals surface area contributed by atoms with Gasteiger partial charge in [0.2, 0.25) is 0 Å². The summed E-state index contributed by atoms with van der Waals surface area (Å²) in [6.07, 6.45) is 5.58. The number of aromatic nitrogens is 3. The highest BCUT2D eigenvalue weighted by Crippen LogP contribution is 2.23. The predicted molar refractivity (Wildman–Crippen MR) is 136 cm³/mol. The van der Waals surface area contributed by atoms with E-state index in [2.05, 4.69) is 59.2 Å². The van der Waals surface area contributed by atoms with E-state index in [4.69, 9.17) is 9.73 Å². The van der Waals surface area contributed by atoms with Crippen LogP contribution in [0, 0.1) is 0 Å². The Hall–Kier alpha value is -1.84. The van der Waals surface area contributed by atoms with Crippen LogP contribution in [0.5, 0.6) is 5.75 Å². The largest absolute Gasteiger partial charge is 0.488 e. The number of para-hydroxylation sites is 1. The summed E-state index contributed by atoms with van der Waals surface area (Å²) in [7, 11) is 0. The molecule has 3 rings (SSSR count). The Balaban J connectivity index is 0.00000341. The second-order valence-electron chi connectivity index (χ2n) is 8.69. The first-order chi connectivity index (χ1) is 14.5. The Labute approximate surface area is 203 Å². The number of guanidine groups is 1. The summed E-state index contributed by atoms with van der Waals surface area (Å²) in [5.41, 5.74) is 0.839. The fourth-order valence-electron chi connectivity index (χ4n) is 3.59. The smallest absolute Gasteiger partial charge is 0.191 e. The lowest BCUT2D eigenvalue weighted by atomic mass is 10.1. The van der Waals surface area contributed by atoms with Crippen molar-refractivity contribution < 1.29 is 4.74 Å². The number of halogens is 1. The van der Waals surface area contributed by atoms with Crippen LogP contribution in [-0.2, 0) is 25.9 Å². The molecule has 0 radical (unpaired) electrons. The molecule has 2 N–H and O–H groups in total. The molecule has 2 heterocycles. The number of nitrogens with zero attached hydrogens (tertiary/aromatic N) is 4. The maximum atomic E-state index is 6.09. The summed E-state index contributed by atoms with van der Waals surface area (Å²) in [5.74, 6) is 3.90. The van der Waals surface area contributed by atoms with Crippen molar-refractivity contribution in [2.24, 2.45) is 4.99 Å². The normalized spacial score (nSPS) is 14.3. The zero-order valence-electron chi connectivity index (χ0n) is 19.3. The third-order valence-corrected chi connectivity index (χ3v) is 4.97. The zero-order valence-corrected chi connectivity index (χ0v) is 21.6. The lowest BCUT2D eigenvalue weighted by Gasteiger charge is -2.23. The van der Waals surface area contributed by atoms with Crippen LogP contribution in [0.4, 0.5) is 0 Å². The average molecular weight is 540 g/mol. The lowest BCUT2D eigenvalue weighted by Crippen LogP contribution is -2.38. The lowest BCUT2D eigenvalue weighted by molar-refractivity contribution is 0.129. The Kier molecular flexibility index (Phi) is 10.1. The SMILES string of the molecule is CCNC(=NCc1ccccc1OC(C)(C)C)NCCc1nnc2n1CCCCC2.I. The summed E-state index contributed by atoms with van der Waals surface area (Å²) in [4.78, 5) is 4.77. The van der Waals surface area contributed by atoms with E-state index in [0.717, 1.165) is 61.4 Å². The molecule has 31 heavy (non-hydrogen) atoms. The molecule has 0 aliphatic carbocycles. The number of rotatable bonds is 7. The van der Waals surface area contributed by atoms with E-state index in [1.165, 1.54) is 19.3 Å². The van der Waals surface area contributed by atoms with E-state index in [-0.39, 0.29) is 29.6 Å². The second kappa shape index (κ2) is 12.3. The number of benzene rings is 1. The maximum Gasteiger partial charge on any atom is 0.191 e. The third kappa shape index (κ3) is 7.97. The topological polar surface area (TPSA) is 76.4 Å². The molecule has 0 saturated heterocycles. The van der Waals surface area contributed by atoms with Gasteiger partial charge in [-0.05, 0) is 46.6 Å². The predicted octanol–water partition coefficient (Wildman–Crippen LogP) is 4.10. The molecule has 0 amide bonds. The standard InChI is InChI=1S/C23H36N6O.HI/c1-5-24-22(26-17-18-11-8-9-12-19(18)30-23(2,3)4)25-15-14-21-28-27-20-13-7-6-10-16-29(20)21;/h8-9,11-12H,5-7,10,13-17H2,1-4H3,(H2,24,25,26);1H. The molecule has 1 aliphatic heterocycles. The second-order valence-corrected chi connectivity index (χ2v) is 8.69. The minimum absolute atomic E-state index is 0. The maximum absolute atomic E-state index is 6.09. The van der Waals surface area contributed by atoms with Gasteiger partial charge in [0.1, 0.15) is 23.0 Å². The van der Waals surface area contributed by atoms with Crippen LogP contribution >= 0.6 is 24.0 Å². The van der Waals surface area contributed by atoms with Gasteiger partial charge in [0.15, 0.2) is 5.96 Å². The van der Waals surface area contributed by atoms with Gasteiger partial charge in [-0.1, -0.05) is 24.6 Å². The van der Waals surface area contributed by atoms with Crippen LogP contribution in [0.1, 0.15) is 64.2 Å². The molecule has 0 saturated carbocycles. The minimum Gasteiger partial charge on any atom is -0.488 e. The van der Waals surface area contributed by atoms with Gasteiger partial charge in [0.05, 0.1) is 6.54 Å². The van der Waals surface area contributed by atoms with Crippen molar-refractivity contribution in [2.75, 3.05) is 13.1 Å². The summed E-state index contributed by atoms with van der Waals surface area (Å²) >= 11 is 0. The molecule has 7 nitrogen and oxygen atoms in total. The Morgan fingerprint density at radius 2 is 1.94 bits per heavy atom. The van der Waals surface area contributed by atoms with E-state index in [9.17, 15) is 0 Å². The molecule has 0 bridgehead atoms. The van der Waals surface area contributed by atoms with E-state index in [0.29, 0.717) is 6.54 Å². The Bertz CT molecular complexity index is 843. The summed E-state index contributed by atoms with van der Waals surface area (Å²) in [6.45, 7) is 11.4. The van der Waals surface area contributed by atoms with Crippen LogP contribution in [-0.4, -0.2) is 39.4 Å². The first-order valence-corrected chi connectivity index (χ1v) is 11.2. The van der Waals surface area contributed by atoms with Crippen molar-refractivity contribution >= 4 is 29.9 Å². The molecule has 1 aliphatic rings. The Morgan fingerprint density at radius 1 is 1.13 bits per heavy atom. The molecular weight excluding hydrogens is 503 g/mol. The molecule has 0 spiro atoms. The van der Waals surface area contributed by atoms with Crippen molar-refractivity contribution in [1.82, 2.24) is 25.4 Å². The van der Waals surface area contributed by atoms with Gasteiger partial charge in [-0.15, -0.1) is 34.2 Å². The van der Waals surface area contributed by atoms with Gasteiger partial charge < -0.3 is 19.9 Å². The van der Waals surface area contributed by atoms with Crippen LogP contribution < -0.4 is 15.4 Å². The monoisotopic (exact) mass is 540 g/mol. The summed E-state index contributed by atoms with van der Waals surface area (Å²) in [5, 5.41) is 15.6. The number of hydrogen-bond acceptors (Lipinski definition) is 4. The van der Waals surface area contributed by atoms with E-state index in [1.807, 2.05) is 18.2 Å². The summed E-state index contributed by atoms with van der Waals surface area (Å²) in [6, 6.07) is 8.10. The van der Waals surface area contributed by atoms with E-state index < -0.39 is 0 Å². The highest BCUT2D eigenvalue weighted by Gasteiger charge is 2.15. The van der Waals surface area contributed by atoms with Crippen molar-refractivity contribution in [3.8, 4) is 5.75 Å². The number of aliphatic imine (C=N–C) groups is 1. The van der Waals surface area contributed by atoms with Crippen molar-refractivity contribution in [2.45, 2.75) is 78.5 Å². The quantitative estimate of drug-likeness (QED) is 0.314. The van der Waals surface area contributed by atoms with Crippen molar-refractivity contribution in [3.05, 3.63) is 41.5 Å². The van der Waals surface area contributed by atoms with Crippen LogP contribution in [0.3, 0.4) is 0 Å². The molecule has 8 heteroatoms. The zero-order chi connectivity index (χ0) is 21.4. The van der Waals surface area contributed by atoms with Gasteiger partial charge >= 0.3 is 0 Å². The first kappa shape index (κ1) is 25.4. The van der Waals surface area contributed by atoms with Crippen LogP contribution in [0.25, 0.3) is 0 Å². The number of aryl methyl sites for hydroxylation is 1. The molecule has 1 aromatic heterocycles. The van der Waals surface area contributed by atoms with Gasteiger partial charge in [0.25, 0.3) is 0 Å². The number of nitrogens with one attached hydrogen (secondary N) is 2. The number of ether oxygens (including phenoxy) is 1. The molecule has 0 fully saturated rings. The highest BCUT2D eigenvalue weighted by molar-refractivity contribution is 14.0. The van der Waals surface area contributed by atoms with Gasteiger partial charge in [-0.25, -0.2) is 4.99 Å². The highest BCUT2D eigenvalue weighted by atomic mass is 127. The Morgan fingerprint density at radius 3 is 2.71 bits per heavy atom. The van der Waals surface area contributed by atoms with Gasteiger partial charge in [-0.2, -0.15) is 0 Å². The average Bonchev–Trinajstić information content (AvgIpc) is 2.92. The fraction of sp³-hybridized carbons (Fsp3) is 0.609. The molecule has 0 unspecified atom stereocenters. The van der Waals surface area contributed by atoms with E-state index in [1.54, 1.807) is 0 Å². The molecular formula is C23H37IN6O. The van der Waals surface area contributed by atoms with Crippen molar-refractivity contribution in [1.29, 1.82) is 0 Å². The van der Waals surface area contributed by atoms with Gasteiger partial charge in [0, 0.05) is 38.0 Å². The van der Waals surface area contributed by atoms with Crippen LogP contribution in [0.2, 0.25) is 0 Å². The molecule has 172 valence electrons. The summed E-state index contributed by atoms with van der Waals surface area (Å²) < 4.78 is 8.39. The fourth-order valence-corrected chi connectivity index (χ4v) is 3.59. The molecule has 2 aromatic rings. The van der Waals surface area contributed by atoms with E-state index >= 15 is 0 Å². The number of fused-ring (bicyclic) bond motifs is 1. The minimum atomic E-state index is -0.237.